The average molecular weight is 467 g/mol. The molecule has 8 nitrogen and oxygen atoms in total. The summed E-state index contributed by atoms with van der Waals surface area (Å²) in [6.45, 7) is 0.202. The summed E-state index contributed by atoms with van der Waals surface area (Å²) < 4.78 is 16.4. The number of aliphatic hydroxyl groups excluding tert-OH is 1. The molecule has 1 atom stereocenters. The number of aliphatic hydroxyl groups is 1. The Bertz CT molecular complexity index is 1180. The summed E-state index contributed by atoms with van der Waals surface area (Å²) in [6.07, 6.45) is 3.00. The summed E-state index contributed by atoms with van der Waals surface area (Å²) in [5, 5.41) is 13.0. The smallest absolute Gasteiger partial charge is 0.295 e. The second-order valence-corrected chi connectivity index (χ2v) is 8.24. The average Bonchev–Trinajstić information content (AvgIpc) is 3.45. The third-order valence-corrected chi connectivity index (χ3v) is 6.25. The number of likely N-dealkylation sites (tertiary alicyclic amines) is 1. The highest BCUT2D eigenvalue weighted by Crippen LogP contribution is 2.46. The van der Waals surface area contributed by atoms with Crippen molar-refractivity contribution in [2.24, 2.45) is 0 Å². The summed E-state index contributed by atoms with van der Waals surface area (Å²) in [4.78, 5) is 32.6. The van der Waals surface area contributed by atoms with Crippen LogP contribution in [0.1, 0.15) is 22.0 Å². The summed E-state index contributed by atoms with van der Waals surface area (Å²) in [6, 6.07) is 9.51. The van der Waals surface area contributed by atoms with Crippen LogP contribution in [0.25, 0.3) is 5.76 Å². The lowest BCUT2D eigenvalue weighted by Crippen LogP contribution is -2.29. The third-order valence-electron chi connectivity index (χ3n) is 5.38. The number of hydrogen-bond donors (Lipinski definition) is 1. The van der Waals surface area contributed by atoms with Gasteiger partial charge >= 0.3 is 0 Å². The maximum absolute atomic E-state index is 13.2. The number of ether oxygens (including phenoxy) is 3. The van der Waals surface area contributed by atoms with Crippen LogP contribution in [0, 0.1) is 0 Å². The number of hydrogen-bond acceptors (Lipinski definition) is 8. The van der Waals surface area contributed by atoms with Crippen LogP contribution >= 0.6 is 11.3 Å². The van der Waals surface area contributed by atoms with Crippen LogP contribution < -0.4 is 14.2 Å². The van der Waals surface area contributed by atoms with Gasteiger partial charge in [0.05, 0.1) is 39.5 Å². The molecule has 1 aliphatic rings. The van der Waals surface area contributed by atoms with E-state index in [4.69, 9.17) is 14.2 Å². The second kappa shape index (κ2) is 9.33. The van der Waals surface area contributed by atoms with Gasteiger partial charge in [-0.05, 0) is 41.3 Å². The number of ketones is 1. The van der Waals surface area contributed by atoms with Crippen LogP contribution in [0.15, 0.2) is 59.7 Å². The van der Waals surface area contributed by atoms with E-state index in [0.717, 1.165) is 4.88 Å². The minimum Gasteiger partial charge on any atom is -0.507 e. The molecular formula is C24H22N2O6S. The molecule has 3 heterocycles. The normalized spacial score (nSPS) is 17.3. The number of benzene rings is 1. The minimum atomic E-state index is -0.874. The van der Waals surface area contributed by atoms with Crippen molar-refractivity contribution in [1.82, 2.24) is 9.88 Å². The Labute approximate surface area is 194 Å². The van der Waals surface area contributed by atoms with Gasteiger partial charge in [0.1, 0.15) is 5.76 Å². The van der Waals surface area contributed by atoms with Crippen molar-refractivity contribution in [3.05, 3.63) is 75.7 Å². The van der Waals surface area contributed by atoms with Gasteiger partial charge in [-0.15, -0.1) is 11.3 Å². The molecule has 1 N–H and O–H groups in total. The van der Waals surface area contributed by atoms with Crippen LogP contribution in [-0.4, -0.2) is 48.0 Å². The first-order chi connectivity index (χ1) is 16.0. The second-order valence-electron chi connectivity index (χ2n) is 7.21. The van der Waals surface area contributed by atoms with Gasteiger partial charge in [-0.1, -0.05) is 6.07 Å². The molecule has 3 aromatic rings. The lowest BCUT2D eigenvalue weighted by Gasteiger charge is -2.26. The van der Waals surface area contributed by atoms with Crippen molar-refractivity contribution in [3.8, 4) is 17.2 Å². The van der Waals surface area contributed by atoms with Crippen molar-refractivity contribution in [2.45, 2.75) is 12.6 Å². The highest BCUT2D eigenvalue weighted by atomic mass is 32.1. The Kier molecular flexibility index (Phi) is 6.32. The molecule has 2 aromatic heterocycles. The number of nitrogens with zero attached hydrogens (tertiary/aromatic N) is 2. The summed E-state index contributed by atoms with van der Waals surface area (Å²) in [5.41, 5.74) is 0.841. The molecule has 33 heavy (non-hydrogen) atoms. The van der Waals surface area contributed by atoms with Gasteiger partial charge in [-0.25, -0.2) is 0 Å². The molecule has 0 spiro atoms. The van der Waals surface area contributed by atoms with Gasteiger partial charge in [0, 0.05) is 22.8 Å². The fourth-order valence-electron chi connectivity index (χ4n) is 3.88. The first-order valence-electron chi connectivity index (χ1n) is 10.0. The number of thiophene rings is 1. The van der Waals surface area contributed by atoms with Gasteiger partial charge in [0.2, 0.25) is 5.75 Å². The molecule has 1 unspecified atom stereocenters. The molecule has 1 saturated heterocycles. The Hall–Kier alpha value is -3.85. The Morgan fingerprint density at radius 1 is 1.09 bits per heavy atom. The summed E-state index contributed by atoms with van der Waals surface area (Å²) >= 11 is 1.47. The number of rotatable bonds is 7. The van der Waals surface area contributed by atoms with Crippen LogP contribution in [-0.2, 0) is 16.1 Å². The van der Waals surface area contributed by atoms with E-state index < -0.39 is 17.7 Å². The van der Waals surface area contributed by atoms with Gasteiger partial charge in [-0.3, -0.25) is 14.6 Å². The molecule has 1 aliphatic heterocycles. The van der Waals surface area contributed by atoms with Crippen LogP contribution in [0.4, 0.5) is 0 Å². The van der Waals surface area contributed by atoms with E-state index >= 15 is 0 Å². The number of methoxy groups -OCH3 is 3. The molecule has 4 rings (SSSR count). The maximum Gasteiger partial charge on any atom is 0.295 e. The van der Waals surface area contributed by atoms with E-state index in [1.54, 1.807) is 30.5 Å². The molecule has 170 valence electrons. The molecule has 0 radical (unpaired) electrons. The van der Waals surface area contributed by atoms with Gasteiger partial charge in [0.25, 0.3) is 11.7 Å². The SMILES string of the molecule is COc1cc(C2/C(=C(\O)c3cccnc3)C(=O)C(=O)N2Cc2cccs2)cc(OC)c1OC. The van der Waals surface area contributed by atoms with E-state index in [-0.39, 0.29) is 17.9 Å². The summed E-state index contributed by atoms with van der Waals surface area (Å²) in [5.74, 6) is -0.649. The molecule has 0 saturated carbocycles. The van der Waals surface area contributed by atoms with Crippen molar-refractivity contribution < 1.29 is 28.9 Å². The highest BCUT2D eigenvalue weighted by molar-refractivity contribution is 7.09. The molecule has 1 fully saturated rings. The number of amides is 1. The van der Waals surface area contributed by atoms with Crippen LogP contribution in [0.2, 0.25) is 0 Å². The maximum atomic E-state index is 13.2. The Morgan fingerprint density at radius 3 is 2.36 bits per heavy atom. The first-order valence-corrected chi connectivity index (χ1v) is 10.9. The van der Waals surface area contributed by atoms with E-state index in [1.165, 1.54) is 43.8 Å². The van der Waals surface area contributed by atoms with Crippen molar-refractivity contribution in [2.75, 3.05) is 21.3 Å². The monoisotopic (exact) mass is 466 g/mol. The van der Waals surface area contributed by atoms with Gasteiger partial charge in [-0.2, -0.15) is 0 Å². The molecule has 1 amide bonds. The fraction of sp³-hybridized carbons (Fsp3) is 0.208. The number of pyridine rings is 1. The largest absolute Gasteiger partial charge is 0.507 e. The molecule has 1 aromatic carbocycles. The molecule has 9 heteroatoms. The van der Waals surface area contributed by atoms with Gasteiger partial charge < -0.3 is 24.2 Å². The zero-order valence-electron chi connectivity index (χ0n) is 18.3. The van der Waals surface area contributed by atoms with Crippen LogP contribution in [0.3, 0.4) is 0 Å². The Balaban J connectivity index is 1.94. The van der Waals surface area contributed by atoms with Crippen molar-refractivity contribution >= 4 is 28.8 Å². The lowest BCUT2D eigenvalue weighted by atomic mass is 9.95. The highest BCUT2D eigenvalue weighted by Gasteiger charge is 2.46. The van der Waals surface area contributed by atoms with E-state index in [9.17, 15) is 14.7 Å². The summed E-state index contributed by atoms with van der Waals surface area (Å²) in [7, 11) is 4.46. The quantitative estimate of drug-likeness (QED) is 0.321. The fourth-order valence-corrected chi connectivity index (χ4v) is 4.58. The standard InChI is InChI=1S/C24H22N2O6S/c1-30-17-10-15(11-18(31-2)23(17)32-3)20-19(21(27)14-6-4-8-25-12-14)22(28)24(29)26(20)13-16-7-5-9-33-16/h4-12,20,27H,13H2,1-3H3/b21-19+. The topological polar surface area (TPSA) is 98.2 Å². The predicted octanol–water partition coefficient (Wildman–Crippen LogP) is 3.79. The van der Waals surface area contributed by atoms with E-state index in [2.05, 4.69) is 4.98 Å². The number of Topliss-reactive ketones (excluding diaryl/α,β-unsaturated/α-hetero) is 1. The van der Waals surface area contributed by atoms with Crippen molar-refractivity contribution in [3.63, 3.8) is 0 Å². The molecular weight excluding hydrogens is 444 g/mol. The Morgan fingerprint density at radius 2 is 1.82 bits per heavy atom. The number of carbonyl (C=O) groups excluding carboxylic acids is 2. The molecule has 0 bridgehead atoms. The number of carbonyl (C=O) groups is 2. The van der Waals surface area contributed by atoms with E-state index in [0.29, 0.717) is 28.4 Å². The zero-order chi connectivity index (χ0) is 23.5. The minimum absolute atomic E-state index is 0.0289. The van der Waals surface area contributed by atoms with Crippen molar-refractivity contribution in [1.29, 1.82) is 0 Å². The zero-order valence-corrected chi connectivity index (χ0v) is 19.1. The van der Waals surface area contributed by atoms with Crippen LogP contribution in [0.5, 0.6) is 17.2 Å². The van der Waals surface area contributed by atoms with Gasteiger partial charge in [0.15, 0.2) is 11.5 Å². The predicted molar refractivity (Wildman–Crippen MR) is 123 cm³/mol. The molecule has 0 aliphatic carbocycles. The number of aromatic nitrogens is 1. The first kappa shape index (κ1) is 22.3. The van der Waals surface area contributed by atoms with E-state index in [1.807, 2.05) is 17.5 Å². The lowest BCUT2D eigenvalue weighted by molar-refractivity contribution is -0.140. The third kappa shape index (κ3) is 4.03.